The van der Waals surface area contributed by atoms with Gasteiger partial charge >= 0.3 is 0 Å². The summed E-state index contributed by atoms with van der Waals surface area (Å²) >= 11 is 0. The molecule has 1 aliphatic heterocycles. The van der Waals surface area contributed by atoms with Crippen LogP contribution in [0.5, 0.6) is 0 Å². The molecule has 0 aromatic rings. The van der Waals surface area contributed by atoms with Crippen LogP contribution in [0.4, 0.5) is 0 Å². The van der Waals surface area contributed by atoms with Gasteiger partial charge in [-0.1, -0.05) is 6.92 Å². The van der Waals surface area contributed by atoms with E-state index in [1.807, 2.05) is 6.92 Å². The van der Waals surface area contributed by atoms with Gasteiger partial charge in [0.05, 0.1) is 33.0 Å². The molecular formula is C9H18O3. The Morgan fingerprint density at radius 3 is 2.42 bits per heavy atom. The van der Waals surface area contributed by atoms with Crippen molar-refractivity contribution >= 4 is 0 Å². The maximum absolute atomic E-state index is 5.44. The van der Waals surface area contributed by atoms with Crippen LogP contribution in [0.2, 0.25) is 0 Å². The molecule has 0 amide bonds. The third kappa shape index (κ3) is 3.09. The van der Waals surface area contributed by atoms with Crippen molar-refractivity contribution in [1.29, 1.82) is 0 Å². The average Bonchev–Trinajstić information content (AvgIpc) is 2.01. The van der Waals surface area contributed by atoms with Crippen LogP contribution < -0.4 is 0 Å². The minimum absolute atomic E-state index is 0.270. The van der Waals surface area contributed by atoms with Crippen molar-refractivity contribution in [3.05, 3.63) is 0 Å². The number of ether oxygens (including phenoxy) is 3. The largest absolute Gasteiger partial charge is 0.380 e. The molecule has 0 bridgehead atoms. The number of hydrogen-bond acceptors (Lipinski definition) is 3. The molecule has 12 heavy (non-hydrogen) atoms. The summed E-state index contributed by atoms with van der Waals surface area (Å²) in [6, 6.07) is 0. The fourth-order valence-electron chi connectivity index (χ4n) is 1.11. The van der Waals surface area contributed by atoms with Crippen LogP contribution in [0.3, 0.4) is 0 Å². The molecule has 0 atom stereocenters. The molecule has 1 saturated heterocycles. The van der Waals surface area contributed by atoms with Gasteiger partial charge in [0.25, 0.3) is 0 Å². The molecule has 3 heteroatoms. The first-order valence-electron chi connectivity index (χ1n) is 4.50. The Balaban J connectivity index is 1.88. The monoisotopic (exact) mass is 174 g/mol. The smallest absolute Gasteiger partial charge is 0.0700 e. The van der Waals surface area contributed by atoms with E-state index in [0.29, 0.717) is 13.2 Å². The van der Waals surface area contributed by atoms with Crippen molar-refractivity contribution in [2.45, 2.75) is 13.8 Å². The third-order valence-corrected chi connectivity index (χ3v) is 1.93. The van der Waals surface area contributed by atoms with Gasteiger partial charge in [-0.05, 0) is 6.92 Å². The van der Waals surface area contributed by atoms with Crippen molar-refractivity contribution in [1.82, 2.24) is 0 Å². The molecule has 72 valence electrons. The summed E-state index contributed by atoms with van der Waals surface area (Å²) in [4.78, 5) is 0. The van der Waals surface area contributed by atoms with Gasteiger partial charge in [-0.3, -0.25) is 0 Å². The maximum atomic E-state index is 5.44. The van der Waals surface area contributed by atoms with E-state index in [0.717, 1.165) is 26.4 Å². The summed E-state index contributed by atoms with van der Waals surface area (Å²) in [5, 5.41) is 0. The Morgan fingerprint density at radius 2 is 1.92 bits per heavy atom. The lowest BCUT2D eigenvalue weighted by atomic mass is 9.90. The molecule has 0 spiro atoms. The first-order chi connectivity index (χ1) is 5.77. The highest BCUT2D eigenvalue weighted by atomic mass is 16.5. The lowest BCUT2D eigenvalue weighted by Gasteiger charge is -2.37. The van der Waals surface area contributed by atoms with Crippen LogP contribution in [-0.2, 0) is 14.2 Å². The zero-order valence-corrected chi connectivity index (χ0v) is 7.97. The first kappa shape index (κ1) is 9.96. The van der Waals surface area contributed by atoms with Crippen LogP contribution in [0.1, 0.15) is 13.8 Å². The Labute approximate surface area is 74.0 Å². The average molecular weight is 174 g/mol. The van der Waals surface area contributed by atoms with E-state index in [2.05, 4.69) is 6.92 Å². The molecule has 0 N–H and O–H groups in total. The molecule has 1 fully saturated rings. The van der Waals surface area contributed by atoms with Crippen molar-refractivity contribution < 1.29 is 14.2 Å². The van der Waals surface area contributed by atoms with Gasteiger partial charge in [-0.2, -0.15) is 0 Å². The van der Waals surface area contributed by atoms with Crippen LogP contribution in [0, 0.1) is 5.41 Å². The molecule has 0 saturated carbocycles. The highest BCUT2D eigenvalue weighted by molar-refractivity contribution is 4.79. The zero-order valence-electron chi connectivity index (χ0n) is 7.97. The van der Waals surface area contributed by atoms with Crippen LogP contribution in [0.25, 0.3) is 0 Å². The zero-order chi connectivity index (χ0) is 8.86. The first-order valence-corrected chi connectivity index (χ1v) is 4.50. The molecule has 0 aliphatic carbocycles. The van der Waals surface area contributed by atoms with E-state index in [4.69, 9.17) is 14.2 Å². The molecule has 0 radical (unpaired) electrons. The van der Waals surface area contributed by atoms with E-state index in [1.165, 1.54) is 0 Å². The Kier molecular flexibility index (Phi) is 3.98. The molecule has 0 aromatic carbocycles. The summed E-state index contributed by atoms with van der Waals surface area (Å²) in [7, 11) is 0. The fraction of sp³-hybridized carbons (Fsp3) is 1.00. The number of rotatable bonds is 6. The van der Waals surface area contributed by atoms with Gasteiger partial charge in [-0.25, -0.2) is 0 Å². The van der Waals surface area contributed by atoms with Crippen LogP contribution in [0.15, 0.2) is 0 Å². The summed E-state index contributed by atoms with van der Waals surface area (Å²) in [6.45, 7) is 8.79. The van der Waals surface area contributed by atoms with E-state index in [-0.39, 0.29) is 5.41 Å². The van der Waals surface area contributed by atoms with Crippen LogP contribution in [-0.4, -0.2) is 39.6 Å². The lowest BCUT2D eigenvalue weighted by molar-refractivity contribution is -0.140. The molecular weight excluding hydrogens is 156 g/mol. The topological polar surface area (TPSA) is 27.7 Å². The van der Waals surface area contributed by atoms with E-state index in [1.54, 1.807) is 0 Å². The van der Waals surface area contributed by atoms with Gasteiger partial charge in [0.1, 0.15) is 0 Å². The Hall–Kier alpha value is -0.120. The fourth-order valence-corrected chi connectivity index (χ4v) is 1.11. The quantitative estimate of drug-likeness (QED) is 0.564. The SMILES string of the molecule is CCOCCOCC1(C)COC1. The Morgan fingerprint density at radius 1 is 1.25 bits per heavy atom. The van der Waals surface area contributed by atoms with Gasteiger partial charge < -0.3 is 14.2 Å². The summed E-state index contributed by atoms with van der Waals surface area (Å²) in [5.74, 6) is 0. The minimum Gasteiger partial charge on any atom is -0.380 e. The second-order valence-corrected chi connectivity index (χ2v) is 3.55. The van der Waals surface area contributed by atoms with E-state index in [9.17, 15) is 0 Å². The lowest BCUT2D eigenvalue weighted by Crippen LogP contribution is -2.43. The van der Waals surface area contributed by atoms with Gasteiger partial charge in [0.15, 0.2) is 0 Å². The predicted molar refractivity (Wildman–Crippen MR) is 46.2 cm³/mol. The number of hydrogen-bond donors (Lipinski definition) is 0. The standard InChI is InChI=1S/C9H18O3/c1-3-10-4-5-11-6-9(2)7-12-8-9/h3-8H2,1-2H3. The molecule has 3 nitrogen and oxygen atoms in total. The van der Waals surface area contributed by atoms with E-state index < -0.39 is 0 Å². The van der Waals surface area contributed by atoms with Crippen molar-refractivity contribution in [2.24, 2.45) is 5.41 Å². The molecule has 1 heterocycles. The van der Waals surface area contributed by atoms with Crippen molar-refractivity contribution in [3.8, 4) is 0 Å². The molecule has 1 aliphatic rings. The third-order valence-electron chi connectivity index (χ3n) is 1.93. The Bertz CT molecular complexity index is 121. The highest BCUT2D eigenvalue weighted by Crippen LogP contribution is 2.26. The highest BCUT2D eigenvalue weighted by Gasteiger charge is 2.33. The van der Waals surface area contributed by atoms with Gasteiger partial charge in [-0.15, -0.1) is 0 Å². The second kappa shape index (κ2) is 4.80. The summed E-state index contributed by atoms with van der Waals surface area (Å²) in [6.07, 6.45) is 0. The van der Waals surface area contributed by atoms with Crippen molar-refractivity contribution in [2.75, 3.05) is 39.6 Å². The van der Waals surface area contributed by atoms with Gasteiger partial charge in [0.2, 0.25) is 0 Å². The van der Waals surface area contributed by atoms with Gasteiger partial charge in [0, 0.05) is 12.0 Å². The minimum atomic E-state index is 0.270. The van der Waals surface area contributed by atoms with Crippen LogP contribution >= 0.6 is 0 Å². The second-order valence-electron chi connectivity index (χ2n) is 3.55. The molecule has 0 aromatic heterocycles. The predicted octanol–water partition coefficient (Wildman–Crippen LogP) is 1.08. The molecule has 1 rings (SSSR count). The summed E-state index contributed by atoms with van der Waals surface area (Å²) in [5.41, 5.74) is 0.270. The molecule has 0 unspecified atom stereocenters. The normalized spacial score (nSPS) is 20.5. The van der Waals surface area contributed by atoms with E-state index >= 15 is 0 Å². The summed E-state index contributed by atoms with van der Waals surface area (Å²) < 4.78 is 15.7. The van der Waals surface area contributed by atoms with Crippen molar-refractivity contribution in [3.63, 3.8) is 0 Å². The maximum Gasteiger partial charge on any atom is 0.0700 e.